The first-order valence-electron chi connectivity index (χ1n) is 7.82. The number of esters is 2. The van der Waals surface area contributed by atoms with Crippen molar-refractivity contribution in [2.24, 2.45) is 5.92 Å². The van der Waals surface area contributed by atoms with Crippen LogP contribution in [-0.4, -0.2) is 47.2 Å². The van der Waals surface area contributed by atoms with Gasteiger partial charge in [0.05, 0.1) is 12.5 Å². The molecule has 7 heteroatoms. The maximum absolute atomic E-state index is 12.2. The number of piperidine rings is 1. The molecule has 1 aromatic carbocycles. The number of carboxylic acids is 1. The third kappa shape index (κ3) is 5.14. The smallest absolute Gasteiger partial charge is 0.358 e. The fourth-order valence-corrected chi connectivity index (χ4v) is 2.64. The zero-order valence-electron chi connectivity index (χ0n) is 13.5. The van der Waals surface area contributed by atoms with Gasteiger partial charge in [-0.2, -0.15) is 0 Å². The van der Waals surface area contributed by atoms with Crippen molar-refractivity contribution in [3.63, 3.8) is 0 Å². The van der Waals surface area contributed by atoms with Gasteiger partial charge in [0.2, 0.25) is 6.23 Å². The second-order valence-electron chi connectivity index (χ2n) is 5.71. The van der Waals surface area contributed by atoms with Gasteiger partial charge in [0.25, 0.3) is 0 Å². The van der Waals surface area contributed by atoms with Crippen molar-refractivity contribution in [2.75, 3.05) is 13.1 Å². The number of hydrogen-bond acceptors (Lipinski definition) is 6. The molecule has 7 nitrogen and oxygen atoms in total. The predicted octanol–water partition coefficient (Wildman–Crippen LogP) is 1.42. The number of carbonyl (C=O) groups is 3. The topological polar surface area (TPSA) is 93.1 Å². The summed E-state index contributed by atoms with van der Waals surface area (Å²) in [4.78, 5) is 36.0. The first-order valence-corrected chi connectivity index (χ1v) is 7.82. The van der Waals surface area contributed by atoms with E-state index >= 15 is 0 Å². The molecule has 2 rings (SSSR count). The van der Waals surface area contributed by atoms with Crippen molar-refractivity contribution in [2.45, 2.75) is 32.6 Å². The largest absolute Gasteiger partial charge is 0.481 e. The maximum Gasteiger partial charge on any atom is 0.358 e. The predicted molar refractivity (Wildman–Crippen MR) is 83.7 cm³/mol. The molecule has 24 heavy (non-hydrogen) atoms. The van der Waals surface area contributed by atoms with E-state index in [0.717, 1.165) is 12.5 Å². The molecule has 1 N–H and O–H groups in total. The summed E-state index contributed by atoms with van der Waals surface area (Å²) in [6, 6.07) is 9.33. The average molecular weight is 335 g/mol. The molecule has 0 radical (unpaired) electrons. The lowest BCUT2D eigenvalue weighted by Gasteiger charge is -2.34. The van der Waals surface area contributed by atoms with Crippen molar-refractivity contribution in [3.8, 4) is 0 Å². The van der Waals surface area contributed by atoms with Crippen molar-refractivity contribution >= 4 is 17.9 Å². The van der Waals surface area contributed by atoms with Crippen LogP contribution in [0.5, 0.6) is 0 Å². The number of carboxylic acid groups (broad SMARTS) is 1. The Balaban J connectivity index is 2.01. The van der Waals surface area contributed by atoms with Gasteiger partial charge in [0.1, 0.15) is 0 Å². The minimum absolute atomic E-state index is 0.192. The molecule has 0 aromatic heterocycles. The Hall–Kier alpha value is -2.25. The Morgan fingerprint density at radius 1 is 1.21 bits per heavy atom. The van der Waals surface area contributed by atoms with Gasteiger partial charge in [-0.25, -0.2) is 4.79 Å². The zero-order valence-corrected chi connectivity index (χ0v) is 13.5. The molecule has 0 spiro atoms. The number of benzene rings is 1. The van der Waals surface area contributed by atoms with Crippen LogP contribution in [0.15, 0.2) is 30.3 Å². The SMILES string of the molecule is CC(=O)OC(=O)C(OCc1ccccc1)N1CCC(C(=O)O)CC1. The second-order valence-corrected chi connectivity index (χ2v) is 5.71. The first kappa shape index (κ1) is 18.1. The molecule has 1 aliphatic heterocycles. The molecule has 1 heterocycles. The summed E-state index contributed by atoms with van der Waals surface area (Å²) in [6.45, 7) is 2.13. The Kier molecular flexibility index (Phi) is 6.45. The molecule has 0 aliphatic carbocycles. The Labute approximate surface area is 140 Å². The van der Waals surface area contributed by atoms with Crippen LogP contribution in [0.1, 0.15) is 25.3 Å². The number of ether oxygens (including phenoxy) is 2. The van der Waals surface area contributed by atoms with Crippen LogP contribution < -0.4 is 0 Å². The number of aliphatic carboxylic acids is 1. The molecule has 1 unspecified atom stereocenters. The van der Waals surface area contributed by atoms with Crippen LogP contribution in [0.3, 0.4) is 0 Å². The van der Waals surface area contributed by atoms with Crippen LogP contribution in [0.2, 0.25) is 0 Å². The zero-order chi connectivity index (χ0) is 17.5. The molecule has 130 valence electrons. The summed E-state index contributed by atoms with van der Waals surface area (Å²) in [5.41, 5.74) is 0.888. The molecule has 0 amide bonds. The van der Waals surface area contributed by atoms with E-state index in [1.807, 2.05) is 30.3 Å². The molecule has 1 saturated heterocycles. The van der Waals surface area contributed by atoms with Gasteiger partial charge in [0.15, 0.2) is 0 Å². The highest BCUT2D eigenvalue weighted by molar-refractivity contribution is 5.86. The van der Waals surface area contributed by atoms with Crippen LogP contribution in [-0.2, 0) is 30.5 Å². The molecule has 1 atom stereocenters. The number of carbonyl (C=O) groups excluding carboxylic acids is 2. The fraction of sp³-hybridized carbons (Fsp3) is 0.471. The third-order valence-corrected chi connectivity index (χ3v) is 3.91. The number of rotatable bonds is 6. The second kappa shape index (κ2) is 8.56. The molecule has 1 aliphatic rings. The van der Waals surface area contributed by atoms with E-state index in [1.54, 1.807) is 4.90 Å². The van der Waals surface area contributed by atoms with Gasteiger partial charge < -0.3 is 14.6 Å². The molecule has 1 fully saturated rings. The van der Waals surface area contributed by atoms with Gasteiger partial charge >= 0.3 is 17.9 Å². The minimum atomic E-state index is -1.02. The Morgan fingerprint density at radius 3 is 2.38 bits per heavy atom. The van der Waals surface area contributed by atoms with Crippen LogP contribution in [0, 0.1) is 5.92 Å². The van der Waals surface area contributed by atoms with Gasteiger partial charge in [-0.15, -0.1) is 0 Å². The van der Waals surface area contributed by atoms with Crippen LogP contribution >= 0.6 is 0 Å². The highest BCUT2D eigenvalue weighted by Gasteiger charge is 2.34. The van der Waals surface area contributed by atoms with Gasteiger partial charge in [-0.1, -0.05) is 30.3 Å². The lowest BCUT2D eigenvalue weighted by atomic mass is 9.97. The van der Waals surface area contributed by atoms with E-state index in [9.17, 15) is 14.4 Å². The molecule has 0 saturated carbocycles. The number of nitrogens with zero attached hydrogens (tertiary/aromatic N) is 1. The normalized spacial score (nSPS) is 17.2. The molecular weight excluding hydrogens is 314 g/mol. The highest BCUT2D eigenvalue weighted by Crippen LogP contribution is 2.21. The van der Waals surface area contributed by atoms with Crippen LogP contribution in [0.25, 0.3) is 0 Å². The number of hydrogen-bond donors (Lipinski definition) is 1. The first-order chi connectivity index (χ1) is 11.5. The van der Waals surface area contributed by atoms with E-state index in [0.29, 0.717) is 25.9 Å². The maximum atomic E-state index is 12.2. The summed E-state index contributed by atoms with van der Waals surface area (Å²) in [5, 5.41) is 9.06. The third-order valence-electron chi connectivity index (χ3n) is 3.91. The average Bonchev–Trinajstić information content (AvgIpc) is 2.56. The molecule has 1 aromatic rings. The quantitative estimate of drug-likeness (QED) is 0.620. The summed E-state index contributed by atoms with van der Waals surface area (Å²) in [7, 11) is 0. The van der Waals surface area contributed by atoms with Gasteiger partial charge in [-0.05, 0) is 18.4 Å². The Bertz CT molecular complexity index is 580. The summed E-state index contributed by atoms with van der Waals surface area (Å²) in [5.74, 6) is -2.72. The molecule has 0 bridgehead atoms. The van der Waals surface area contributed by atoms with E-state index in [1.165, 1.54) is 0 Å². The minimum Gasteiger partial charge on any atom is -0.481 e. The van der Waals surface area contributed by atoms with E-state index in [2.05, 4.69) is 4.74 Å². The Morgan fingerprint density at radius 2 is 1.83 bits per heavy atom. The van der Waals surface area contributed by atoms with Crippen molar-refractivity contribution in [1.29, 1.82) is 0 Å². The molecular formula is C17H21NO6. The van der Waals surface area contributed by atoms with E-state index in [4.69, 9.17) is 9.84 Å². The highest BCUT2D eigenvalue weighted by atomic mass is 16.6. The summed E-state index contributed by atoms with van der Waals surface area (Å²) in [6.07, 6.45) is -0.175. The summed E-state index contributed by atoms with van der Waals surface area (Å²) >= 11 is 0. The van der Waals surface area contributed by atoms with Crippen molar-refractivity contribution < 1.29 is 29.0 Å². The summed E-state index contributed by atoms with van der Waals surface area (Å²) < 4.78 is 10.3. The lowest BCUT2D eigenvalue weighted by Crippen LogP contribution is -2.48. The monoisotopic (exact) mass is 335 g/mol. The fourth-order valence-electron chi connectivity index (χ4n) is 2.64. The lowest BCUT2D eigenvalue weighted by molar-refractivity contribution is -0.180. The van der Waals surface area contributed by atoms with Crippen molar-refractivity contribution in [1.82, 2.24) is 4.90 Å². The van der Waals surface area contributed by atoms with E-state index in [-0.39, 0.29) is 6.61 Å². The standard InChI is InChI=1S/C17H21NO6/c1-12(19)24-17(22)15(23-11-13-5-3-2-4-6-13)18-9-7-14(8-10-18)16(20)21/h2-6,14-15H,7-11H2,1H3,(H,20,21). The van der Waals surface area contributed by atoms with Gasteiger partial charge in [-0.3, -0.25) is 14.5 Å². The number of likely N-dealkylation sites (tertiary alicyclic amines) is 1. The van der Waals surface area contributed by atoms with Gasteiger partial charge in [0, 0.05) is 20.0 Å². The van der Waals surface area contributed by atoms with Crippen molar-refractivity contribution in [3.05, 3.63) is 35.9 Å². The van der Waals surface area contributed by atoms with E-state index < -0.39 is 30.1 Å². The van der Waals surface area contributed by atoms with Crippen LogP contribution in [0.4, 0.5) is 0 Å².